The van der Waals surface area contributed by atoms with E-state index in [0.717, 1.165) is 5.56 Å². The first-order chi connectivity index (χ1) is 9.62. The molecule has 1 rings (SSSR count). The molecule has 2 N–H and O–H groups in total. The van der Waals surface area contributed by atoms with Gasteiger partial charge in [0.1, 0.15) is 0 Å². The van der Waals surface area contributed by atoms with E-state index in [-0.39, 0.29) is 5.91 Å². The van der Waals surface area contributed by atoms with E-state index in [1.807, 2.05) is 20.0 Å². The maximum Gasteiger partial charge on any atom is 0.221 e. The number of nitrogens with one attached hydrogen (secondary N) is 2. The first kappa shape index (κ1) is 16.6. The molecule has 0 unspecified atom stereocenters. The normalized spacial score (nSPS) is 10.2. The third-order valence-electron chi connectivity index (χ3n) is 2.67. The van der Waals surface area contributed by atoms with Gasteiger partial charge in [-0.2, -0.15) is 0 Å². The van der Waals surface area contributed by atoms with Gasteiger partial charge in [-0.25, -0.2) is 0 Å². The van der Waals surface area contributed by atoms with Crippen molar-refractivity contribution in [3.63, 3.8) is 0 Å². The van der Waals surface area contributed by atoms with E-state index >= 15 is 0 Å². The van der Waals surface area contributed by atoms with Gasteiger partial charge in [0.05, 0.1) is 18.7 Å². The molecule has 0 heterocycles. The van der Waals surface area contributed by atoms with Gasteiger partial charge in [-0.1, -0.05) is 11.6 Å². The Morgan fingerprint density at radius 3 is 2.75 bits per heavy atom. The molecule has 1 aromatic rings. The molecular formula is C14H21ClN2O3. The number of halogens is 1. The molecule has 0 saturated carbocycles. The van der Waals surface area contributed by atoms with E-state index in [0.29, 0.717) is 42.6 Å². The minimum atomic E-state index is -0.0108. The molecule has 0 bridgehead atoms. The van der Waals surface area contributed by atoms with Gasteiger partial charge in [0, 0.05) is 19.5 Å². The maximum atomic E-state index is 11.5. The first-order valence-corrected chi connectivity index (χ1v) is 6.90. The summed E-state index contributed by atoms with van der Waals surface area (Å²) in [7, 11) is 3.37. The Morgan fingerprint density at radius 1 is 1.40 bits per heavy atom. The van der Waals surface area contributed by atoms with Crippen molar-refractivity contribution in [1.82, 2.24) is 10.6 Å². The van der Waals surface area contributed by atoms with E-state index < -0.39 is 0 Å². The smallest absolute Gasteiger partial charge is 0.221 e. The first-order valence-electron chi connectivity index (χ1n) is 6.52. The second-order valence-electron chi connectivity index (χ2n) is 4.17. The molecule has 5 nitrogen and oxygen atoms in total. The molecule has 0 aromatic heterocycles. The van der Waals surface area contributed by atoms with Crippen LogP contribution in [0.15, 0.2) is 12.1 Å². The number of ether oxygens (including phenoxy) is 2. The zero-order valence-electron chi connectivity index (χ0n) is 12.1. The van der Waals surface area contributed by atoms with Gasteiger partial charge in [-0.15, -0.1) is 0 Å². The molecular weight excluding hydrogens is 280 g/mol. The summed E-state index contributed by atoms with van der Waals surface area (Å²) >= 11 is 6.16. The van der Waals surface area contributed by atoms with Crippen LogP contribution in [0.25, 0.3) is 0 Å². The van der Waals surface area contributed by atoms with Gasteiger partial charge in [0.15, 0.2) is 11.5 Å². The third kappa shape index (κ3) is 4.90. The van der Waals surface area contributed by atoms with Crippen LogP contribution in [-0.4, -0.2) is 33.2 Å². The minimum absolute atomic E-state index is 0.0108. The molecule has 0 spiro atoms. The van der Waals surface area contributed by atoms with Gasteiger partial charge >= 0.3 is 0 Å². The lowest BCUT2D eigenvalue weighted by Gasteiger charge is -2.13. The van der Waals surface area contributed by atoms with E-state index in [1.54, 1.807) is 13.2 Å². The van der Waals surface area contributed by atoms with Gasteiger partial charge in [0.25, 0.3) is 0 Å². The lowest BCUT2D eigenvalue weighted by atomic mass is 10.2. The van der Waals surface area contributed by atoms with E-state index in [1.165, 1.54) is 0 Å². The van der Waals surface area contributed by atoms with Gasteiger partial charge in [0.2, 0.25) is 5.91 Å². The third-order valence-corrected chi connectivity index (χ3v) is 2.95. The molecule has 0 atom stereocenters. The Balaban J connectivity index is 2.72. The number of carbonyl (C=O) groups excluding carboxylic acids is 1. The molecule has 1 aromatic carbocycles. The van der Waals surface area contributed by atoms with Crippen molar-refractivity contribution in [2.75, 3.05) is 27.3 Å². The summed E-state index contributed by atoms with van der Waals surface area (Å²) in [5.74, 6) is 1.09. The number of methoxy groups -OCH3 is 1. The zero-order valence-corrected chi connectivity index (χ0v) is 12.8. The largest absolute Gasteiger partial charge is 0.493 e. The highest BCUT2D eigenvalue weighted by Crippen LogP contribution is 2.36. The summed E-state index contributed by atoms with van der Waals surface area (Å²) in [5, 5.41) is 6.23. The second kappa shape index (κ2) is 8.66. The van der Waals surface area contributed by atoms with Crippen molar-refractivity contribution in [2.24, 2.45) is 0 Å². The lowest BCUT2D eigenvalue weighted by Crippen LogP contribution is -2.26. The molecule has 20 heavy (non-hydrogen) atoms. The molecule has 0 radical (unpaired) electrons. The Kier molecular flexibility index (Phi) is 7.18. The SMILES string of the molecule is CCOc1c(Cl)cc(CNC(=O)CCNC)cc1OC. The average Bonchev–Trinajstić information content (AvgIpc) is 2.45. The fraction of sp³-hybridized carbons (Fsp3) is 0.500. The Morgan fingerprint density at radius 2 is 2.15 bits per heavy atom. The highest BCUT2D eigenvalue weighted by molar-refractivity contribution is 6.32. The van der Waals surface area contributed by atoms with Crippen LogP contribution < -0.4 is 20.1 Å². The molecule has 0 aliphatic heterocycles. The lowest BCUT2D eigenvalue weighted by molar-refractivity contribution is -0.121. The van der Waals surface area contributed by atoms with Crippen molar-refractivity contribution in [1.29, 1.82) is 0 Å². The topological polar surface area (TPSA) is 59.6 Å². The number of rotatable bonds is 8. The monoisotopic (exact) mass is 300 g/mol. The van der Waals surface area contributed by atoms with Crippen LogP contribution in [0.2, 0.25) is 5.02 Å². The standard InChI is InChI=1S/C14H21ClN2O3/c1-4-20-14-11(15)7-10(8-12(14)19-3)9-17-13(18)5-6-16-2/h7-8,16H,4-6,9H2,1-3H3,(H,17,18). The predicted molar refractivity (Wildman–Crippen MR) is 79.6 cm³/mol. The van der Waals surface area contributed by atoms with Crippen LogP contribution in [0.4, 0.5) is 0 Å². The minimum Gasteiger partial charge on any atom is -0.493 e. The van der Waals surface area contributed by atoms with Crippen molar-refractivity contribution in [2.45, 2.75) is 19.9 Å². The number of amides is 1. The van der Waals surface area contributed by atoms with Crippen LogP contribution in [-0.2, 0) is 11.3 Å². The number of hydrogen-bond donors (Lipinski definition) is 2. The molecule has 6 heteroatoms. The van der Waals surface area contributed by atoms with Crippen molar-refractivity contribution < 1.29 is 14.3 Å². The quantitative estimate of drug-likeness (QED) is 0.771. The van der Waals surface area contributed by atoms with Gasteiger partial charge in [-0.3, -0.25) is 4.79 Å². The summed E-state index contributed by atoms with van der Waals surface area (Å²) in [6.45, 7) is 3.45. The summed E-state index contributed by atoms with van der Waals surface area (Å²) in [6.07, 6.45) is 0.443. The molecule has 0 fully saturated rings. The number of benzene rings is 1. The van der Waals surface area contributed by atoms with Crippen LogP contribution in [0.3, 0.4) is 0 Å². The van der Waals surface area contributed by atoms with Crippen LogP contribution in [0.1, 0.15) is 18.9 Å². The van der Waals surface area contributed by atoms with Crippen molar-refractivity contribution >= 4 is 17.5 Å². The number of hydrogen-bond acceptors (Lipinski definition) is 4. The summed E-state index contributed by atoms with van der Waals surface area (Å²) in [5.41, 5.74) is 0.869. The summed E-state index contributed by atoms with van der Waals surface area (Å²) in [6, 6.07) is 3.59. The zero-order chi connectivity index (χ0) is 15.0. The van der Waals surface area contributed by atoms with E-state index in [9.17, 15) is 4.79 Å². The van der Waals surface area contributed by atoms with E-state index in [4.69, 9.17) is 21.1 Å². The Labute approximate surface area is 124 Å². The summed E-state index contributed by atoms with van der Waals surface area (Å²) < 4.78 is 10.7. The van der Waals surface area contributed by atoms with Crippen LogP contribution in [0, 0.1) is 0 Å². The molecule has 112 valence electrons. The van der Waals surface area contributed by atoms with Crippen LogP contribution >= 0.6 is 11.6 Å². The molecule has 0 saturated heterocycles. The Hall–Kier alpha value is -1.46. The molecule has 1 amide bonds. The maximum absolute atomic E-state index is 11.5. The Bertz CT molecular complexity index is 452. The molecule has 0 aliphatic rings. The van der Waals surface area contributed by atoms with Crippen molar-refractivity contribution in [3.05, 3.63) is 22.7 Å². The highest BCUT2D eigenvalue weighted by Gasteiger charge is 2.12. The highest BCUT2D eigenvalue weighted by atomic mass is 35.5. The van der Waals surface area contributed by atoms with E-state index in [2.05, 4.69) is 10.6 Å². The summed E-state index contributed by atoms with van der Waals surface area (Å²) in [4.78, 5) is 11.5. The van der Waals surface area contributed by atoms with Gasteiger partial charge < -0.3 is 20.1 Å². The average molecular weight is 301 g/mol. The number of carbonyl (C=O) groups is 1. The van der Waals surface area contributed by atoms with Crippen molar-refractivity contribution in [3.8, 4) is 11.5 Å². The predicted octanol–water partition coefficient (Wildman–Crippen LogP) is 1.97. The second-order valence-corrected chi connectivity index (χ2v) is 4.58. The fourth-order valence-electron chi connectivity index (χ4n) is 1.69. The molecule has 0 aliphatic carbocycles. The van der Waals surface area contributed by atoms with Crippen LogP contribution in [0.5, 0.6) is 11.5 Å². The fourth-order valence-corrected chi connectivity index (χ4v) is 1.98. The van der Waals surface area contributed by atoms with Gasteiger partial charge in [-0.05, 0) is 31.7 Å².